The van der Waals surface area contributed by atoms with Crippen LogP contribution in [0.3, 0.4) is 0 Å². The Kier molecular flexibility index (Phi) is 5.20. The van der Waals surface area contributed by atoms with E-state index in [1.807, 2.05) is 30.3 Å². The average Bonchev–Trinajstić information content (AvgIpc) is 3.08. The first-order valence-corrected chi connectivity index (χ1v) is 8.15. The number of hydrogen-bond donors (Lipinski definition) is 3. The molecule has 1 saturated heterocycles. The van der Waals surface area contributed by atoms with Crippen LogP contribution in [0.5, 0.6) is 11.5 Å². The van der Waals surface area contributed by atoms with Gasteiger partial charge < -0.3 is 25.0 Å². The molecule has 0 aromatic heterocycles. The summed E-state index contributed by atoms with van der Waals surface area (Å²) in [4.78, 5) is 23.4. The number of ether oxygens (including phenoxy) is 2. The highest BCUT2D eigenvalue weighted by molar-refractivity contribution is 5.90. The minimum atomic E-state index is -1.24. The van der Waals surface area contributed by atoms with Gasteiger partial charge in [-0.1, -0.05) is 18.2 Å². The summed E-state index contributed by atoms with van der Waals surface area (Å²) in [5.41, 5.74) is -0.948. The zero-order valence-electron chi connectivity index (χ0n) is 13.9. The molecular formula is C19H19NO6. The molecule has 1 aliphatic heterocycles. The lowest BCUT2D eigenvalue weighted by molar-refractivity contribution is -0.139. The summed E-state index contributed by atoms with van der Waals surface area (Å²) >= 11 is 0. The number of nitrogens with one attached hydrogen (secondary N) is 1. The van der Waals surface area contributed by atoms with Gasteiger partial charge in [0.2, 0.25) is 0 Å². The molecule has 26 heavy (non-hydrogen) atoms. The number of carboxylic acid groups (broad SMARTS) is 1. The van der Waals surface area contributed by atoms with Crippen LogP contribution >= 0.6 is 0 Å². The summed E-state index contributed by atoms with van der Waals surface area (Å²) in [7, 11) is 0. The van der Waals surface area contributed by atoms with Crippen LogP contribution in [-0.4, -0.2) is 46.9 Å². The van der Waals surface area contributed by atoms with Crippen molar-refractivity contribution in [2.45, 2.75) is 18.1 Å². The molecule has 1 fully saturated rings. The van der Waals surface area contributed by atoms with Crippen molar-refractivity contribution < 1.29 is 29.3 Å². The fourth-order valence-corrected chi connectivity index (χ4v) is 2.77. The first-order chi connectivity index (χ1) is 12.5. The molecule has 2 atom stereocenters. The van der Waals surface area contributed by atoms with Crippen LogP contribution in [0.2, 0.25) is 0 Å². The average molecular weight is 357 g/mol. The van der Waals surface area contributed by atoms with Gasteiger partial charge in [0.25, 0.3) is 0 Å². The van der Waals surface area contributed by atoms with Crippen molar-refractivity contribution in [3.05, 3.63) is 60.2 Å². The lowest BCUT2D eigenvalue weighted by Crippen LogP contribution is -2.41. The summed E-state index contributed by atoms with van der Waals surface area (Å²) in [6.45, 7) is -0.369. The third kappa shape index (κ3) is 4.01. The van der Waals surface area contributed by atoms with Crippen LogP contribution in [0.15, 0.2) is 54.6 Å². The lowest BCUT2D eigenvalue weighted by atomic mass is 10.0. The molecule has 0 spiro atoms. The normalized spacial score (nSPS) is 22.0. The fourth-order valence-electron chi connectivity index (χ4n) is 2.77. The van der Waals surface area contributed by atoms with Crippen molar-refractivity contribution in [3.63, 3.8) is 0 Å². The number of carboxylic acids is 1. The Hall–Kier alpha value is -2.90. The van der Waals surface area contributed by atoms with Crippen LogP contribution in [0.1, 0.15) is 16.8 Å². The Morgan fingerprint density at radius 2 is 1.73 bits per heavy atom. The minimum absolute atomic E-state index is 0.0137. The Morgan fingerprint density at radius 1 is 1.08 bits per heavy atom. The predicted octanol–water partition coefficient (Wildman–Crippen LogP) is 1.81. The number of benzene rings is 2. The molecule has 3 N–H and O–H groups in total. The van der Waals surface area contributed by atoms with E-state index in [0.29, 0.717) is 11.5 Å². The van der Waals surface area contributed by atoms with E-state index in [4.69, 9.17) is 14.6 Å². The lowest BCUT2D eigenvalue weighted by Gasteiger charge is -2.26. The molecule has 0 radical (unpaired) electrons. The highest BCUT2D eigenvalue weighted by Crippen LogP contribution is 2.26. The SMILES string of the molecule is O=C(O[C@]1(CO)CN[C@H](C(=O)O)C1)c1ccc(Oc2ccccc2)cc1. The maximum Gasteiger partial charge on any atom is 0.338 e. The molecule has 0 amide bonds. The number of carbonyl (C=O) groups is 2. The summed E-state index contributed by atoms with van der Waals surface area (Å²) in [6, 6.07) is 14.8. The highest BCUT2D eigenvalue weighted by atomic mass is 16.6. The van der Waals surface area contributed by atoms with Gasteiger partial charge in [0, 0.05) is 13.0 Å². The number of para-hydroxylation sites is 1. The summed E-state index contributed by atoms with van der Waals surface area (Å²) in [5, 5.41) is 21.4. The molecule has 0 unspecified atom stereocenters. The van der Waals surface area contributed by atoms with Gasteiger partial charge in [-0.25, -0.2) is 4.79 Å². The summed E-state index contributed by atoms with van der Waals surface area (Å²) in [5.74, 6) is -0.422. The third-order valence-electron chi connectivity index (χ3n) is 4.21. The standard InChI is InChI=1S/C19H19NO6/c21-12-19(10-16(17(22)23)20-11-19)26-18(24)13-6-8-15(9-7-13)25-14-4-2-1-3-5-14/h1-9,16,20-21H,10-12H2,(H,22,23)/t16-,19-/m0/s1. The zero-order valence-corrected chi connectivity index (χ0v) is 13.9. The topological polar surface area (TPSA) is 105 Å². The molecule has 7 nitrogen and oxygen atoms in total. The number of esters is 1. The van der Waals surface area contributed by atoms with Crippen molar-refractivity contribution in [3.8, 4) is 11.5 Å². The highest BCUT2D eigenvalue weighted by Gasteiger charge is 2.44. The van der Waals surface area contributed by atoms with Crippen molar-refractivity contribution in [2.24, 2.45) is 0 Å². The molecule has 0 bridgehead atoms. The van der Waals surface area contributed by atoms with E-state index in [1.54, 1.807) is 24.3 Å². The maximum absolute atomic E-state index is 12.4. The first kappa shape index (κ1) is 17.9. The fraction of sp³-hybridized carbons (Fsp3) is 0.263. The van der Waals surface area contributed by atoms with E-state index in [9.17, 15) is 14.7 Å². The Balaban J connectivity index is 1.65. The van der Waals surface area contributed by atoms with Crippen LogP contribution in [-0.2, 0) is 9.53 Å². The molecule has 136 valence electrons. The van der Waals surface area contributed by atoms with Crippen molar-refractivity contribution in [1.29, 1.82) is 0 Å². The van der Waals surface area contributed by atoms with Crippen molar-refractivity contribution >= 4 is 11.9 Å². The molecule has 3 rings (SSSR count). The molecular weight excluding hydrogens is 338 g/mol. The number of aliphatic carboxylic acids is 1. The second-order valence-corrected chi connectivity index (χ2v) is 6.15. The quantitative estimate of drug-likeness (QED) is 0.677. The second-order valence-electron chi connectivity index (χ2n) is 6.15. The van der Waals surface area contributed by atoms with E-state index in [1.165, 1.54) is 0 Å². The monoisotopic (exact) mass is 357 g/mol. The Bertz CT molecular complexity index is 776. The molecule has 7 heteroatoms. The van der Waals surface area contributed by atoms with Gasteiger partial charge in [0.15, 0.2) is 0 Å². The smallest absolute Gasteiger partial charge is 0.338 e. The molecule has 1 heterocycles. The van der Waals surface area contributed by atoms with E-state index in [-0.39, 0.29) is 18.5 Å². The second kappa shape index (κ2) is 7.55. The van der Waals surface area contributed by atoms with E-state index < -0.39 is 30.2 Å². The van der Waals surface area contributed by atoms with Crippen LogP contribution in [0, 0.1) is 0 Å². The molecule has 0 aliphatic carbocycles. The largest absolute Gasteiger partial charge is 0.480 e. The first-order valence-electron chi connectivity index (χ1n) is 8.15. The minimum Gasteiger partial charge on any atom is -0.480 e. The zero-order chi connectivity index (χ0) is 18.6. The van der Waals surface area contributed by atoms with Gasteiger partial charge in [0.05, 0.1) is 12.2 Å². The maximum atomic E-state index is 12.4. The van der Waals surface area contributed by atoms with Crippen LogP contribution in [0.4, 0.5) is 0 Å². The molecule has 1 aliphatic rings. The van der Waals surface area contributed by atoms with E-state index in [0.717, 1.165) is 0 Å². The van der Waals surface area contributed by atoms with E-state index in [2.05, 4.69) is 5.32 Å². The third-order valence-corrected chi connectivity index (χ3v) is 4.21. The number of hydrogen-bond acceptors (Lipinski definition) is 6. The number of rotatable bonds is 6. The number of aliphatic hydroxyl groups excluding tert-OH is 1. The summed E-state index contributed by atoms with van der Waals surface area (Å²) in [6.07, 6.45) is 0.0137. The molecule has 0 saturated carbocycles. The van der Waals surface area contributed by atoms with Gasteiger partial charge in [-0.05, 0) is 36.4 Å². The Labute approximate surface area is 150 Å². The van der Waals surface area contributed by atoms with Crippen LogP contribution < -0.4 is 10.1 Å². The Morgan fingerprint density at radius 3 is 2.31 bits per heavy atom. The van der Waals surface area contributed by atoms with Gasteiger partial charge in [-0.15, -0.1) is 0 Å². The molecule has 2 aromatic rings. The summed E-state index contributed by atoms with van der Waals surface area (Å²) < 4.78 is 11.1. The molecule has 2 aromatic carbocycles. The number of carbonyl (C=O) groups excluding carboxylic acids is 1. The predicted molar refractivity (Wildman–Crippen MR) is 92.2 cm³/mol. The van der Waals surface area contributed by atoms with Crippen molar-refractivity contribution in [1.82, 2.24) is 5.32 Å². The van der Waals surface area contributed by atoms with Gasteiger partial charge in [0.1, 0.15) is 23.1 Å². The van der Waals surface area contributed by atoms with Gasteiger partial charge in [-0.3, -0.25) is 4.79 Å². The van der Waals surface area contributed by atoms with Crippen LogP contribution in [0.25, 0.3) is 0 Å². The van der Waals surface area contributed by atoms with Crippen molar-refractivity contribution in [2.75, 3.05) is 13.2 Å². The van der Waals surface area contributed by atoms with Gasteiger partial charge in [-0.2, -0.15) is 0 Å². The number of aliphatic hydroxyl groups is 1. The van der Waals surface area contributed by atoms with Gasteiger partial charge >= 0.3 is 11.9 Å². The van der Waals surface area contributed by atoms with E-state index >= 15 is 0 Å².